The van der Waals surface area contributed by atoms with Crippen LogP contribution in [0.2, 0.25) is 0 Å². The highest BCUT2D eigenvalue weighted by Crippen LogP contribution is 2.30. The molecule has 0 radical (unpaired) electrons. The fourth-order valence-corrected chi connectivity index (χ4v) is 4.19. The Kier molecular flexibility index (Phi) is 5.61. The largest absolute Gasteiger partial charge is 0.444 e. The molecule has 2 aromatic rings. The van der Waals surface area contributed by atoms with Crippen LogP contribution in [0.5, 0.6) is 0 Å². The number of nitrogens with one attached hydrogen (secondary N) is 2. The van der Waals surface area contributed by atoms with Crippen molar-refractivity contribution in [3.8, 4) is 5.69 Å². The lowest BCUT2D eigenvalue weighted by atomic mass is 10.0. The molecule has 0 aliphatic carbocycles. The molecule has 1 aromatic heterocycles. The van der Waals surface area contributed by atoms with Crippen molar-refractivity contribution in [3.05, 3.63) is 51.8 Å². The topological polar surface area (TPSA) is 136 Å². The summed E-state index contributed by atoms with van der Waals surface area (Å²) in [6.45, 7) is 6.72. The number of aromatic nitrogens is 1. The predicted molar refractivity (Wildman–Crippen MR) is 123 cm³/mol. The van der Waals surface area contributed by atoms with Crippen LogP contribution in [0.4, 0.5) is 16.3 Å². The first kappa shape index (κ1) is 22.4. The van der Waals surface area contributed by atoms with Crippen LogP contribution < -0.4 is 26.8 Å². The molecule has 0 saturated carbocycles. The molecule has 10 heteroatoms. The molecule has 10 nitrogen and oxygen atoms in total. The molecular weight excluding hydrogens is 426 g/mol. The number of carbonyl (C=O) groups is 3. The number of hydrogen-bond donors (Lipinski definition) is 3. The Hall–Kier alpha value is -3.82. The molecule has 0 unspecified atom stereocenters. The number of amides is 3. The van der Waals surface area contributed by atoms with Gasteiger partial charge in [-0.15, -0.1) is 0 Å². The van der Waals surface area contributed by atoms with E-state index in [-0.39, 0.29) is 23.0 Å². The van der Waals surface area contributed by atoms with Crippen LogP contribution in [-0.4, -0.2) is 47.2 Å². The molecule has 3 amide bonds. The molecule has 1 fully saturated rings. The number of alkyl carbamates (subject to hydrolysis) is 1. The maximum Gasteiger partial charge on any atom is 0.407 e. The number of para-hydroxylation sites is 2. The van der Waals surface area contributed by atoms with Gasteiger partial charge in [0.25, 0.3) is 17.4 Å². The molecule has 174 valence electrons. The number of fused-ring (bicyclic) bond motifs is 1. The van der Waals surface area contributed by atoms with Crippen LogP contribution in [0.1, 0.15) is 54.3 Å². The van der Waals surface area contributed by atoms with E-state index in [1.165, 1.54) is 4.57 Å². The monoisotopic (exact) mass is 453 g/mol. The Morgan fingerprint density at radius 1 is 1.09 bits per heavy atom. The predicted octanol–water partition coefficient (Wildman–Crippen LogP) is 1.80. The van der Waals surface area contributed by atoms with Crippen molar-refractivity contribution in [3.63, 3.8) is 0 Å². The molecule has 0 spiro atoms. The van der Waals surface area contributed by atoms with E-state index in [9.17, 15) is 19.2 Å². The average molecular weight is 453 g/mol. The van der Waals surface area contributed by atoms with Crippen LogP contribution in [0.3, 0.4) is 0 Å². The van der Waals surface area contributed by atoms with Gasteiger partial charge in [-0.2, -0.15) is 0 Å². The quantitative estimate of drug-likeness (QED) is 0.603. The lowest BCUT2D eigenvalue weighted by Crippen LogP contribution is -2.46. The molecule has 1 saturated heterocycles. The van der Waals surface area contributed by atoms with Gasteiger partial charge in [-0.1, -0.05) is 12.1 Å². The second kappa shape index (κ2) is 8.27. The zero-order valence-corrected chi connectivity index (χ0v) is 18.8. The van der Waals surface area contributed by atoms with Gasteiger partial charge in [0, 0.05) is 25.2 Å². The van der Waals surface area contributed by atoms with Crippen molar-refractivity contribution in [1.82, 2.24) is 15.2 Å². The van der Waals surface area contributed by atoms with Gasteiger partial charge in [-0.3, -0.25) is 24.3 Å². The summed E-state index contributed by atoms with van der Waals surface area (Å²) in [6.07, 6.45) is 0.949. The average Bonchev–Trinajstić information content (AvgIpc) is 3.01. The van der Waals surface area contributed by atoms with Crippen molar-refractivity contribution in [2.75, 3.05) is 23.7 Å². The third-order valence-electron chi connectivity index (χ3n) is 5.63. The molecule has 4 N–H and O–H groups in total. The van der Waals surface area contributed by atoms with Gasteiger partial charge in [-0.05, 0) is 45.7 Å². The Morgan fingerprint density at radius 3 is 2.36 bits per heavy atom. The van der Waals surface area contributed by atoms with Crippen molar-refractivity contribution in [2.45, 2.75) is 45.3 Å². The van der Waals surface area contributed by atoms with Crippen molar-refractivity contribution < 1.29 is 19.1 Å². The second-order valence-corrected chi connectivity index (χ2v) is 9.17. The van der Waals surface area contributed by atoms with Crippen molar-refractivity contribution in [1.29, 1.82) is 0 Å². The van der Waals surface area contributed by atoms with Crippen LogP contribution >= 0.6 is 0 Å². The number of hydrogen-bond acceptors (Lipinski definition) is 7. The van der Waals surface area contributed by atoms with E-state index in [4.69, 9.17) is 10.5 Å². The van der Waals surface area contributed by atoms with Crippen LogP contribution in [0.15, 0.2) is 35.1 Å². The minimum absolute atomic E-state index is 0.00896. The van der Waals surface area contributed by atoms with Gasteiger partial charge in [0.05, 0.1) is 22.5 Å². The summed E-state index contributed by atoms with van der Waals surface area (Å²) in [7, 11) is 0. The number of benzene rings is 1. The number of piperidine rings is 1. The van der Waals surface area contributed by atoms with E-state index in [2.05, 4.69) is 15.5 Å². The standard InChI is InChI=1S/C23H27N5O5/c1-23(2,3)33-22(32)25-13-8-10-27(11-9-13)15-6-4-5-7-16(15)28-17(29)12-14-18(19(28)24)21(31)26-20(14)30/h4-7,12-13H,8-11,24H2,1-3H3,(H,25,32)(H,26,30,31). The molecule has 2 aliphatic rings. The first-order valence-corrected chi connectivity index (χ1v) is 10.8. The number of carbonyl (C=O) groups excluding carboxylic acids is 3. The highest BCUT2D eigenvalue weighted by molar-refractivity contribution is 6.23. The summed E-state index contributed by atoms with van der Waals surface area (Å²) in [6, 6.07) is 8.38. The normalized spacial score (nSPS) is 16.4. The van der Waals surface area contributed by atoms with Gasteiger partial charge in [0.1, 0.15) is 11.4 Å². The van der Waals surface area contributed by atoms with Gasteiger partial charge in [-0.25, -0.2) is 4.79 Å². The maximum atomic E-state index is 12.9. The lowest BCUT2D eigenvalue weighted by Gasteiger charge is -2.35. The van der Waals surface area contributed by atoms with Crippen LogP contribution in [0, 0.1) is 0 Å². The summed E-state index contributed by atoms with van der Waals surface area (Å²) < 4.78 is 6.60. The summed E-state index contributed by atoms with van der Waals surface area (Å²) in [4.78, 5) is 51.2. The highest BCUT2D eigenvalue weighted by atomic mass is 16.6. The number of nitrogens with two attached hydrogens (primary N) is 1. The van der Waals surface area contributed by atoms with Gasteiger partial charge >= 0.3 is 6.09 Å². The number of anilines is 2. The summed E-state index contributed by atoms with van der Waals surface area (Å²) in [5, 5.41) is 5.09. The van der Waals surface area contributed by atoms with E-state index in [1.54, 1.807) is 12.1 Å². The SMILES string of the molecule is CC(C)(C)OC(=O)NC1CCN(c2ccccc2-n2c(N)c3c(cc2=O)C(=O)NC3=O)CC1. The third kappa shape index (κ3) is 4.41. The molecule has 0 atom stereocenters. The van der Waals surface area contributed by atoms with E-state index >= 15 is 0 Å². The zero-order valence-electron chi connectivity index (χ0n) is 18.8. The zero-order chi connectivity index (χ0) is 23.9. The van der Waals surface area contributed by atoms with Gasteiger partial charge < -0.3 is 20.7 Å². The maximum absolute atomic E-state index is 12.9. The number of nitrogen functional groups attached to an aromatic ring is 1. The van der Waals surface area contributed by atoms with E-state index in [1.807, 2.05) is 32.9 Å². The minimum atomic E-state index is -0.626. The molecule has 3 heterocycles. The number of ether oxygens (including phenoxy) is 1. The Bertz CT molecular complexity index is 1190. The third-order valence-corrected chi connectivity index (χ3v) is 5.63. The number of nitrogens with zero attached hydrogens (tertiary/aromatic N) is 2. The van der Waals surface area contributed by atoms with Crippen LogP contribution in [-0.2, 0) is 4.74 Å². The Labute approximate surface area is 190 Å². The van der Waals surface area contributed by atoms with Crippen molar-refractivity contribution >= 4 is 29.4 Å². The highest BCUT2D eigenvalue weighted by Gasteiger charge is 2.33. The molecular formula is C23H27N5O5. The van der Waals surface area contributed by atoms with Gasteiger partial charge in [0.15, 0.2) is 0 Å². The fraction of sp³-hybridized carbons (Fsp3) is 0.391. The fourth-order valence-electron chi connectivity index (χ4n) is 4.19. The first-order chi connectivity index (χ1) is 15.5. The summed E-state index contributed by atoms with van der Waals surface area (Å²) in [5.41, 5.74) is 6.45. The van der Waals surface area contributed by atoms with E-state index in [0.29, 0.717) is 31.6 Å². The van der Waals surface area contributed by atoms with E-state index in [0.717, 1.165) is 11.8 Å². The van der Waals surface area contributed by atoms with Crippen LogP contribution in [0.25, 0.3) is 5.69 Å². The molecule has 33 heavy (non-hydrogen) atoms. The first-order valence-electron chi connectivity index (χ1n) is 10.8. The smallest absolute Gasteiger partial charge is 0.407 e. The Morgan fingerprint density at radius 2 is 1.73 bits per heavy atom. The number of imide groups is 1. The lowest BCUT2D eigenvalue weighted by molar-refractivity contribution is 0.0496. The van der Waals surface area contributed by atoms with Gasteiger partial charge in [0.2, 0.25) is 0 Å². The minimum Gasteiger partial charge on any atom is -0.444 e. The van der Waals surface area contributed by atoms with E-state index < -0.39 is 29.1 Å². The summed E-state index contributed by atoms with van der Waals surface area (Å²) >= 11 is 0. The van der Waals surface area contributed by atoms with Crippen molar-refractivity contribution in [2.24, 2.45) is 0 Å². The Balaban J connectivity index is 1.58. The molecule has 0 bridgehead atoms. The number of rotatable bonds is 3. The number of pyridine rings is 1. The second-order valence-electron chi connectivity index (χ2n) is 9.17. The molecule has 4 rings (SSSR count). The molecule has 1 aromatic carbocycles. The summed E-state index contributed by atoms with van der Waals surface area (Å²) in [5.74, 6) is -1.32. The molecule has 2 aliphatic heterocycles.